The molecule has 1 amide bonds. The summed E-state index contributed by atoms with van der Waals surface area (Å²) in [6, 6.07) is 11.1. The molecule has 1 N–H and O–H groups in total. The molecule has 0 aliphatic carbocycles. The van der Waals surface area contributed by atoms with Gasteiger partial charge in [-0.15, -0.1) is 0 Å². The predicted octanol–water partition coefficient (Wildman–Crippen LogP) is 3.77. The van der Waals surface area contributed by atoms with Crippen LogP contribution >= 0.6 is 11.6 Å². The highest BCUT2D eigenvalue weighted by atomic mass is 35.5. The lowest BCUT2D eigenvalue weighted by Gasteiger charge is -2.26. The van der Waals surface area contributed by atoms with Crippen LogP contribution in [0.2, 0.25) is 5.02 Å². The smallest absolute Gasteiger partial charge is 0.264 e. The summed E-state index contributed by atoms with van der Waals surface area (Å²) in [7, 11) is -2.58. The van der Waals surface area contributed by atoms with E-state index >= 15 is 0 Å². The molecule has 0 bridgehead atoms. The molecule has 152 valence electrons. The molecule has 2 aromatic rings. The number of methoxy groups -OCH3 is 1. The molecule has 0 aromatic heterocycles. The first-order valence-corrected chi connectivity index (χ1v) is 10.8. The van der Waals surface area contributed by atoms with Crippen molar-refractivity contribution in [3.05, 3.63) is 53.1 Å². The first kappa shape index (κ1) is 22.0. The summed E-state index contributed by atoms with van der Waals surface area (Å²) in [5.41, 5.74) is 1.14. The Morgan fingerprint density at radius 3 is 2.46 bits per heavy atom. The van der Waals surface area contributed by atoms with Gasteiger partial charge < -0.3 is 10.1 Å². The van der Waals surface area contributed by atoms with E-state index in [1.54, 1.807) is 24.3 Å². The first-order chi connectivity index (χ1) is 13.3. The summed E-state index contributed by atoms with van der Waals surface area (Å²) in [4.78, 5) is 12.5. The Bertz CT molecular complexity index is 914. The lowest BCUT2D eigenvalue weighted by molar-refractivity contribution is -0.119. The van der Waals surface area contributed by atoms with Crippen molar-refractivity contribution in [3.63, 3.8) is 0 Å². The van der Waals surface area contributed by atoms with Crippen molar-refractivity contribution in [2.75, 3.05) is 24.5 Å². The van der Waals surface area contributed by atoms with E-state index in [-0.39, 0.29) is 17.1 Å². The molecular weight excluding hydrogens is 400 g/mol. The summed E-state index contributed by atoms with van der Waals surface area (Å²) in [5, 5.41) is 3.09. The highest BCUT2D eigenvalue weighted by molar-refractivity contribution is 7.92. The summed E-state index contributed by atoms with van der Waals surface area (Å²) < 4.78 is 33.0. The molecule has 0 aliphatic rings. The summed E-state index contributed by atoms with van der Waals surface area (Å²) >= 11 is 6.10. The third kappa shape index (κ3) is 5.39. The predicted molar refractivity (Wildman–Crippen MR) is 112 cm³/mol. The van der Waals surface area contributed by atoms with E-state index < -0.39 is 15.9 Å². The Morgan fingerprint density at radius 2 is 1.86 bits per heavy atom. The van der Waals surface area contributed by atoms with E-state index in [2.05, 4.69) is 5.32 Å². The van der Waals surface area contributed by atoms with Crippen LogP contribution in [0.3, 0.4) is 0 Å². The Labute approximate surface area is 171 Å². The number of unbranched alkanes of at least 4 members (excludes halogenated alkanes) is 1. The zero-order chi connectivity index (χ0) is 20.7. The number of hydrogen-bond donors (Lipinski definition) is 1. The van der Waals surface area contributed by atoms with Crippen LogP contribution in [0.15, 0.2) is 47.4 Å². The van der Waals surface area contributed by atoms with Crippen LogP contribution in [-0.2, 0) is 14.8 Å². The largest absolute Gasteiger partial charge is 0.495 e. The molecule has 28 heavy (non-hydrogen) atoms. The van der Waals surface area contributed by atoms with Gasteiger partial charge in [0.25, 0.3) is 10.0 Å². The number of anilines is 1. The van der Waals surface area contributed by atoms with Crippen LogP contribution in [0, 0.1) is 6.92 Å². The van der Waals surface area contributed by atoms with Gasteiger partial charge in [0, 0.05) is 11.6 Å². The zero-order valence-electron chi connectivity index (χ0n) is 16.2. The van der Waals surface area contributed by atoms with Crippen molar-refractivity contribution in [3.8, 4) is 5.75 Å². The Kier molecular flexibility index (Phi) is 7.71. The molecule has 0 fully saturated rings. The number of sulfonamides is 1. The topological polar surface area (TPSA) is 75.7 Å². The van der Waals surface area contributed by atoms with Gasteiger partial charge in [-0.05, 0) is 43.7 Å². The zero-order valence-corrected chi connectivity index (χ0v) is 17.8. The number of ether oxygens (including phenoxy) is 1. The number of amides is 1. The van der Waals surface area contributed by atoms with Crippen molar-refractivity contribution in [1.29, 1.82) is 0 Å². The van der Waals surface area contributed by atoms with Crippen LogP contribution < -0.4 is 14.4 Å². The van der Waals surface area contributed by atoms with Gasteiger partial charge in [-0.1, -0.05) is 42.6 Å². The average Bonchev–Trinajstić information content (AvgIpc) is 2.66. The van der Waals surface area contributed by atoms with Crippen molar-refractivity contribution in [1.82, 2.24) is 5.32 Å². The molecule has 0 saturated carbocycles. The summed E-state index contributed by atoms with van der Waals surface area (Å²) in [5.74, 6) is -0.0902. The van der Waals surface area contributed by atoms with Crippen LogP contribution in [0.25, 0.3) is 0 Å². The number of carbonyl (C=O) groups excluding carboxylic acids is 1. The fourth-order valence-electron chi connectivity index (χ4n) is 2.59. The van der Waals surface area contributed by atoms with Crippen molar-refractivity contribution >= 4 is 33.2 Å². The maximum absolute atomic E-state index is 13.3. The van der Waals surface area contributed by atoms with Gasteiger partial charge in [-0.25, -0.2) is 8.42 Å². The Balaban J connectivity index is 2.48. The molecule has 0 atom stereocenters. The van der Waals surface area contributed by atoms with E-state index in [0.717, 1.165) is 22.7 Å². The van der Waals surface area contributed by atoms with E-state index in [0.29, 0.717) is 17.3 Å². The molecular formula is C20H25ClN2O4S. The van der Waals surface area contributed by atoms with Crippen LogP contribution in [-0.4, -0.2) is 34.5 Å². The molecule has 0 spiro atoms. The Morgan fingerprint density at radius 1 is 1.18 bits per heavy atom. The normalized spacial score (nSPS) is 11.1. The quantitative estimate of drug-likeness (QED) is 0.621. The van der Waals surface area contributed by atoms with E-state index in [1.807, 2.05) is 13.8 Å². The van der Waals surface area contributed by atoms with Gasteiger partial charge in [0.1, 0.15) is 12.3 Å². The van der Waals surface area contributed by atoms with Gasteiger partial charge in [0.15, 0.2) is 0 Å². The van der Waals surface area contributed by atoms with Gasteiger partial charge >= 0.3 is 0 Å². The monoisotopic (exact) mass is 424 g/mol. The summed E-state index contributed by atoms with van der Waals surface area (Å²) in [6.45, 7) is 3.99. The number of nitrogens with zero attached hydrogens (tertiary/aromatic N) is 1. The lowest BCUT2D eigenvalue weighted by Crippen LogP contribution is -2.41. The first-order valence-electron chi connectivity index (χ1n) is 8.99. The number of halogens is 1. The molecule has 0 heterocycles. The maximum Gasteiger partial charge on any atom is 0.264 e. The SMILES string of the molecule is CCCCNC(=O)CN(c1cc(Cl)ccc1OC)S(=O)(=O)c1ccc(C)cc1. The van der Waals surface area contributed by atoms with E-state index in [1.165, 1.54) is 25.3 Å². The molecule has 8 heteroatoms. The Hall–Kier alpha value is -2.25. The van der Waals surface area contributed by atoms with Gasteiger partial charge in [-0.3, -0.25) is 9.10 Å². The fourth-order valence-corrected chi connectivity index (χ4v) is 4.18. The lowest BCUT2D eigenvalue weighted by atomic mass is 10.2. The van der Waals surface area contributed by atoms with Crippen molar-refractivity contribution in [2.45, 2.75) is 31.6 Å². The fraction of sp³-hybridized carbons (Fsp3) is 0.350. The number of carbonyl (C=O) groups is 1. The molecule has 6 nitrogen and oxygen atoms in total. The van der Waals surface area contributed by atoms with Crippen molar-refractivity contribution in [2.24, 2.45) is 0 Å². The highest BCUT2D eigenvalue weighted by Gasteiger charge is 2.29. The minimum absolute atomic E-state index is 0.0847. The van der Waals surface area contributed by atoms with Crippen LogP contribution in [0.5, 0.6) is 5.75 Å². The highest BCUT2D eigenvalue weighted by Crippen LogP contribution is 2.34. The molecule has 0 aliphatic heterocycles. The number of nitrogens with one attached hydrogen (secondary N) is 1. The van der Waals surface area contributed by atoms with E-state index in [9.17, 15) is 13.2 Å². The second-order valence-electron chi connectivity index (χ2n) is 6.34. The van der Waals surface area contributed by atoms with Crippen LogP contribution in [0.4, 0.5) is 5.69 Å². The van der Waals surface area contributed by atoms with Crippen molar-refractivity contribution < 1.29 is 17.9 Å². The van der Waals surface area contributed by atoms with E-state index in [4.69, 9.17) is 16.3 Å². The molecule has 0 saturated heterocycles. The summed E-state index contributed by atoms with van der Waals surface area (Å²) in [6.07, 6.45) is 1.74. The number of benzene rings is 2. The average molecular weight is 425 g/mol. The van der Waals surface area contributed by atoms with Gasteiger partial charge in [0.2, 0.25) is 5.91 Å². The van der Waals surface area contributed by atoms with Gasteiger partial charge in [0.05, 0.1) is 17.7 Å². The second-order valence-corrected chi connectivity index (χ2v) is 8.64. The maximum atomic E-state index is 13.3. The number of hydrogen-bond acceptors (Lipinski definition) is 4. The molecule has 2 aromatic carbocycles. The standard InChI is InChI=1S/C20H25ClN2O4S/c1-4-5-12-22-20(24)14-23(18-13-16(21)8-11-19(18)27-3)28(25,26)17-9-6-15(2)7-10-17/h6-11,13H,4-5,12,14H2,1-3H3,(H,22,24). The van der Waals surface area contributed by atoms with Crippen LogP contribution in [0.1, 0.15) is 25.3 Å². The number of rotatable bonds is 9. The third-order valence-corrected chi connectivity index (χ3v) is 6.17. The molecule has 0 unspecified atom stereocenters. The van der Waals surface area contributed by atoms with Gasteiger partial charge in [-0.2, -0.15) is 0 Å². The third-order valence-electron chi connectivity index (χ3n) is 4.16. The molecule has 0 radical (unpaired) electrons. The minimum Gasteiger partial charge on any atom is -0.495 e. The minimum atomic E-state index is -4.01. The second kappa shape index (κ2) is 9.80. The number of aryl methyl sites for hydroxylation is 1. The molecule has 2 rings (SSSR count).